The van der Waals surface area contributed by atoms with Crippen molar-refractivity contribution in [2.24, 2.45) is 0 Å². The molecule has 2 amide bonds. The van der Waals surface area contributed by atoms with E-state index in [2.05, 4.69) is 15.4 Å². The summed E-state index contributed by atoms with van der Waals surface area (Å²) in [5, 5.41) is 10.6. The molecule has 0 spiro atoms. The number of aromatic nitrogens is 1. The number of aliphatic hydroxyl groups excluding tert-OH is 1. The van der Waals surface area contributed by atoms with Crippen LogP contribution < -0.4 is 9.46 Å². The molecule has 45 heavy (non-hydrogen) atoms. The second-order valence-electron chi connectivity index (χ2n) is 13.0. The monoisotopic (exact) mass is 631 g/mol. The van der Waals surface area contributed by atoms with Crippen LogP contribution in [0.4, 0.5) is 0 Å². The fraction of sp³-hybridized carbons (Fsp3) is 0.486. The molecule has 0 radical (unpaired) electrons. The van der Waals surface area contributed by atoms with E-state index in [0.717, 1.165) is 72.7 Å². The molecule has 3 fully saturated rings. The Morgan fingerprint density at radius 2 is 1.76 bits per heavy atom. The second-order valence-corrected chi connectivity index (χ2v) is 15.0. The van der Waals surface area contributed by atoms with E-state index in [1.54, 1.807) is 19.2 Å². The van der Waals surface area contributed by atoms with Crippen LogP contribution in [-0.4, -0.2) is 66.4 Å². The molecule has 2 aliphatic heterocycles. The highest BCUT2D eigenvalue weighted by Crippen LogP contribution is 2.47. The molecule has 3 aromatic rings. The lowest BCUT2D eigenvalue weighted by atomic mass is 9.81. The third-order valence-corrected chi connectivity index (χ3v) is 11.9. The van der Waals surface area contributed by atoms with Crippen molar-refractivity contribution >= 4 is 38.8 Å². The van der Waals surface area contributed by atoms with Gasteiger partial charge in [0.05, 0.1) is 37.2 Å². The van der Waals surface area contributed by atoms with Crippen molar-refractivity contribution in [2.45, 2.75) is 88.0 Å². The molecule has 10 heteroatoms. The third-order valence-electron chi connectivity index (χ3n) is 10.1. The Balaban J connectivity index is 1.41. The quantitative estimate of drug-likeness (QED) is 0.363. The molecule has 2 N–H and O–H groups in total. The van der Waals surface area contributed by atoms with Gasteiger partial charge in [-0.25, -0.2) is 13.1 Å². The summed E-state index contributed by atoms with van der Waals surface area (Å²) in [6.45, 7) is 0.808. The van der Waals surface area contributed by atoms with Crippen LogP contribution in [0.15, 0.2) is 42.0 Å². The molecular weight excluding hydrogens is 590 g/mol. The Labute approximate surface area is 264 Å². The summed E-state index contributed by atoms with van der Waals surface area (Å²) in [5.74, 6) is 0.284. The summed E-state index contributed by atoms with van der Waals surface area (Å²) in [6.07, 6.45) is 11.4. The number of likely N-dealkylation sites (tertiary alicyclic amines) is 1. The molecule has 0 bridgehead atoms. The predicted octanol–water partition coefficient (Wildman–Crippen LogP) is 5.36. The van der Waals surface area contributed by atoms with Crippen LogP contribution in [0.3, 0.4) is 0 Å². The Bertz CT molecular complexity index is 1800. The normalized spacial score (nSPS) is 20.6. The van der Waals surface area contributed by atoms with E-state index in [1.165, 1.54) is 12.0 Å². The summed E-state index contributed by atoms with van der Waals surface area (Å²) in [4.78, 5) is 29.4. The molecule has 1 atom stereocenters. The fourth-order valence-electron chi connectivity index (χ4n) is 7.60. The number of nitrogens with zero attached hydrogens (tertiary/aromatic N) is 2. The molecule has 4 aliphatic rings. The molecule has 3 heterocycles. The van der Waals surface area contributed by atoms with E-state index in [4.69, 9.17) is 4.74 Å². The van der Waals surface area contributed by atoms with Crippen LogP contribution in [-0.2, 0) is 21.4 Å². The average Bonchev–Trinajstić information content (AvgIpc) is 3.90. The van der Waals surface area contributed by atoms with Crippen LogP contribution in [0, 0.1) is 0 Å². The number of carbonyl (C=O) groups is 2. The van der Waals surface area contributed by atoms with Gasteiger partial charge < -0.3 is 19.3 Å². The maximum Gasteiger partial charge on any atom is 0.264 e. The number of rotatable bonds is 7. The molecule has 2 saturated carbocycles. The largest absolute Gasteiger partial charge is 0.497 e. The number of sulfonamides is 1. The first-order chi connectivity index (χ1) is 21.8. The number of aliphatic hydroxyl groups is 1. The first-order valence-corrected chi connectivity index (χ1v) is 17.9. The van der Waals surface area contributed by atoms with Crippen molar-refractivity contribution < 1.29 is 27.9 Å². The van der Waals surface area contributed by atoms with Crippen LogP contribution in [0.2, 0.25) is 0 Å². The van der Waals surface area contributed by atoms with Gasteiger partial charge in [0.1, 0.15) is 5.75 Å². The Morgan fingerprint density at radius 3 is 2.49 bits per heavy atom. The van der Waals surface area contributed by atoms with E-state index in [1.807, 2.05) is 29.2 Å². The van der Waals surface area contributed by atoms with Gasteiger partial charge in [-0.05, 0) is 98.4 Å². The molecule has 2 aromatic carbocycles. The Morgan fingerprint density at radius 1 is 0.978 bits per heavy atom. The third kappa shape index (κ3) is 5.56. The number of benzene rings is 2. The molecular formula is C35H41N3O6S. The predicted molar refractivity (Wildman–Crippen MR) is 174 cm³/mol. The smallest absolute Gasteiger partial charge is 0.264 e. The highest BCUT2D eigenvalue weighted by atomic mass is 32.2. The molecule has 9 nitrogen and oxygen atoms in total. The van der Waals surface area contributed by atoms with Gasteiger partial charge in [0.2, 0.25) is 10.0 Å². The average molecular weight is 632 g/mol. The van der Waals surface area contributed by atoms with Crippen LogP contribution in [0.1, 0.15) is 91.6 Å². The number of hydrogen-bond donors (Lipinski definition) is 2. The highest BCUT2D eigenvalue weighted by Gasteiger charge is 2.37. The highest BCUT2D eigenvalue weighted by molar-refractivity contribution is 7.91. The van der Waals surface area contributed by atoms with Gasteiger partial charge in [-0.15, -0.1) is 0 Å². The minimum Gasteiger partial charge on any atom is -0.497 e. The number of carbonyl (C=O) groups excluding carboxylic acids is 2. The lowest BCUT2D eigenvalue weighted by Gasteiger charge is -2.35. The number of methoxy groups -OCH3 is 1. The summed E-state index contributed by atoms with van der Waals surface area (Å²) in [6, 6.07) is 11.2. The molecule has 1 unspecified atom stereocenters. The Hall–Kier alpha value is -3.63. The molecule has 7 rings (SSSR count). The number of piperidine rings is 1. The number of amides is 2. The Kier molecular flexibility index (Phi) is 7.98. The molecule has 1 saturated heterocycles. The lowest BCUT2D eigenvalue weighted by Crippen LogP contribution is -2.46. The molecule has 2 aliphatic carbocycles. The van der Waals surface area contributed by atoms with Crippen molar-refractivity contribution in [3.8, 4) is 17.0 Å². The molecule has 1 aromatic heterocycles. The molecule has 238 valence electrons. The second kappa shape index (κ2) is 11.9. The summed E-state index contributed by atoms with van der Waals surface area (Å²) in [5.41, 5.74) is 5.83. The zero-order valence-corrected chi connectivity index (χ0v) is 26.6. The minimum atomic E-state index is -3.71. The summed E-state index contributed by atoms with van der Waals surface area (Å²) < 4.78 is 35.3. The number of nitrogens with one attached hydrogen (secondary N) is 1. The first-order valence-electron chi connectivity index (χ1n) is 16.3. The van der Waals surface area contributed by atoms with Crippen molar-refractivity contribution in [2.75, 3.05) is 20.3 Å². The van der Waals surface area contributed by atoms with Gasteiger partial charge in [-0.1, -0.05) is 25.3 Å². The van der Waals surface area contributed by atoms with Crippen LogP contribution >= 0.6 is 0 Å². The maximum absolute atomic E-state index is 14.3. The topological polar surface area (TPSA) is 118 Å². The van der Waals surface area contributed by atoms with Crippen molar-refractivity contribution in [3.05, 3.63) is 58.7 Å². The van der Waals surface area contributed by atoms with Gasteiger partial charge in [0.25, 0.3) is 11.8 Å². The van der Waals surface area contributed by atoms with E-state index < -0.39 is 21.2 Å². The van der Waals surface area contributed by atoms with Crippen molar-refractivity contribution in [3.63, 3.8) is 0 Å². The van der Waals surface area contributed by atoms with Gasteiger partial charge in [0.15, 0.2) is 0 Å². The standard InChI is InChI=1S/C35H41N3O6S/c1-44-27-11-15-29-24(18-27)17-25(35(41)37-16-6-5-9-26(37)21-39)20-38-31-19-23(34(40)36-45(42,43)28-12-13-28)10-14-30(31)32(33(29)38)22-7-3-2-4-8-22/h10-11,14-15,17-19,22,26,28,39H,2-9,12-13,16,20-21H2,1H3,(H,36,40). The fourth-order valence-corrected chi connectivity index (χ4v) is 8.90. The zero-order chi connectivity index (χ0) is 31.3. The van der Waals surface area contributed by atoms with Gasteiger partial charge in [-0.3, -0.25) is 9.59 Å². The SMILES string of the molecule is COc1ccc2c(c1)C=C(C(=O)N1CCCCC1CO)Cn1c-2c(C2CCCCC2)c2ccc(C(=O)NS(=O)(=O)C3CC3)cc21. The first kappa shape index (κ1) is 30.0. The van der Waals surface area contributed by atoms with Crippen LogP contribution in [0.25, 0.3) is 28.2 Å². The van der Waals surface area contributed by atoms with Gasteiger partial charge in [-0.2, -0.15) is 0 Å². The van der Waals surface area contributed by atoms with Crippen LogP contribution in [0.5, 0.6) is 5.75 Å². The number of fused-ring (bicyclic) bond motifs is 5. The number of hydrogen-bond acceptors (Lipinski definition) is 6. The van der Waals surface area contributed by atoms with Gasteiger partial charge in [0, 0.05) is 34.1 Å². The van der Waals surface area contributed by atoms with Crippen molar-refractivity contribution in [1.29, 1.82) is 0 Å². The van der Waals surface area contributed by atoms with Crippen molar-refractivity contribution in [1.82, 2.24) is 14.2 Å². The lowest BCUT2D eigenvalue weighted by molar-refractivity contribution is -0.131. The maximum atomic E-state index is 14.3. The minimum absolute atomic E-state index is 0.0742. The van der Waals surface area contributed by atoms with E-state index in [0.29, 0.717) is 36.6 Å². The van der Waals surface area contributed by atoms with E-state index >= 15 is 0 Å². The van der Waals surface area contributed by atoms with E-state index in [-0.39, 0.29) is 30.7 Å². The van der Waals surface area contributed by atoms with E-state index in [9.17, 15) is 23.1 Å². The van der Waals surface area contributed by atoms with Gasteiger partial charge >= 0.3 is 0 Å². The summed E-state index contributed by atoms with van der Waals surface area (Å²) >= 11 is 0. The summed E-state index contributed by atoms with van der Waals surface area (Å²) in [7, 11) is -2.07. The number of ether oxygens (including phenoxy) is 1. The zero-order valence-electron chi connectivity index (χ0n) is 25.8.